The average Bonchev–Trinajstić information content (AvgIpc) is 3.12. The van der Waals surface area contributed by atoms with Crippen LogP contribution in [-0.2, 0) is 14.4 Å². The Balaban J connectivity index is 1.68. The lowest BCUT2D eigenvalue weighted by Crippen LogP contribution is -2.51. The summed E-state index contributed by atoms with van der Waals surface area (Å²) < 4.78 is 0. The molecule has 1 aromatic rings. The Bertz CT molecular complexity index is 587. The van der Waals surface area contributed by atoms with Crippen LogP contribution in [0.1, 0.15) is 30.9 Å². The third-order valence-corrected chi connectivity index (χ3v) is 5.04. The first-order valence-corrected chi connectivity index (χ1v) is 8.34. The van der Waals surface area contributed by atoms with Gasteiger partial charge in [-0.15, -0.1) is 0 Å². The highest BCUT2D eigenvalue weighted by atomic mass is 32.1. The van der Waals surface area contributed by atoms with E-state index in [2.05, 4.69) is 10.6 Å². The van der Waals surface area contributed by atoms with Crippen molar-refractivity contribution in [2.75, 3.05) is 13.6 Å². The van der Waals surface area contributed by atoms with Crippen LogP contribution >= 0.6 is 11.3 Å². The van der Waals surface area contributed by atoms with Crippen LogP contribution in [0, 0.1) is 5.92 Å². The van der Waals surface area contributed by atoms with Crippen LogP contribution < -0.4 is 10.6 Å². The Morgan fingerprint density at radius 1 is 1.45 bits per heavy atom. The molecule has 2 fully saturated rings. The maximum atomic E-state index is 12.4. The topological polar surface area (TPSA) is 78.5 Å². The van der Waals surface area contributed by atoms with Gasteiger partial charge in [-0.25, -0.2) is 0 Å². The molecule has 0 bridgehead atoms. The molecule has 118 valence electrons. The lowest BCUT2D eigenvalue weighted by atomic mass is 9.93. The Morgan fingerprint density at radius 3 is 2.91 bits per heavy atom. The molecule has 0 spiro atoms. The summed E-state index contributed by atoms with van der Waals surface area (Å²) in [6, 6.07) is 1.65. The molecule has 2 aliphatic rings. The molecule has 0 saturated carbocycles. The first-order valence-electron chi connectivity index (χ1n) is 7.40. The summed E-state index contributed by atoms with van der Waals surface area (Å²) in [5.41, 5.74) is 1.02. The summed E-state index contributed by atoms with van der Waals surface area (Å²) in [6.45, 7) is 0.465. The van der Waals surface area contributed by atoms with Gasteiger partial charge >= 0.3 is 0 Å². The predicted molar refractivity (Wildman–Crippen MR) is 82.1 cm³/mol. The molecule has 0 aromatic carbocycles. The van der Waals surface area contributed by atoms with Gasteiger partial charge in [-0.1, -0.05) is 0 Å². The molecular formula is C15H19N3O3S. The van der Waals surface area contributed by atoms with E-state index in [1.54, 1.807) is 23.3 Å². The molecule has 3 rings (SSSR count). The van der Waals surface area contributed by atoms with Crippen molar-refractivity contribution in [1.82, 2.24) is 15.5 Å². The molecule has 3 atom stereocenters. The van der Waals surface area contributed by atoms with Gasteiger partial charge < -0.3 is 15.5 Å². The van der Waals surface area contributed by atoms with E-state index in [1.807, 2.05) is 16.8 Å². The van der Waals surface area contributed by atoms with Crippen LogP contribution in [0.15, 0.2) is 16.8 Å². The highest BCUT2D eigenvalue weighted by Gasteiger charge is 2.36. The van der Waals surface area contributed by atoms with Crippen molar-refractivity contribution >= 4 is 29.1 Å². The molecule has 3 heterocycles. The van der Waals surface area contributed by atoms with Crippen molar-refractivity contribution in [3.05, 3.63) is 22.4 Å². The number of rotatable bonds is 3. The number of nitrogens with one attached hydrogen (secondary N) is 2. The summed E-state index contributed by atoms with van der Waals surface area (Å²) in [5.74, 6) is -0.374. The number of hydrogen-bond acceptors (Lipinski definition) is 4. The quantitative estimate of drug-likeness (QED) is 0.858. The fourth-order valence-corrected chi connectivity index (χ4v) is 3.76. The van der Waals surface area contributed by atoms with Gasteiger partial charge in [0.15, 0.2) is 0 Å². The van der Waals surface area contributed by atoms with Crippen molar-refractivity contribution in [1.29, 1.82) is 0 Å². The van der Waals surface area contributed by atoms with Crippen molar-refractivity contribution < 1.29 is 14.4 Å². The van der Waals surface area contributed by atoms with E-state index in [9.17, 15) is 14.4 Å². The normalized spacial score (nSPS) is 28.6. The van der Waals surface area contributed by atoms with Gasteiger partial charge in [0.25, 0.3) is 0 Å². The Morgan fingerprint density at radius 2 is 2.27 bits per heavy atom. The number of piperidine rings is 1. The average molecular weight is 321 g/mol. The second-order valence-electron chi connectivity index (χ2n) is 5.93. The largest absolute Gasteiger partial charge is 0.351 e. The SMILES string of the molecule is CN1CC(C(=O)N[C@@H]2CCC(=O)N[C@H]2c2ccsc2)CC1=O. The summed E-state index contributed by atoms with van der Waals surface area (Å²) in [7, 11) is 1.71. The molecule has 6 nitrogen and oxygen atoms in total. The molecule has 1 unspecified atom stereocenters. The van der Waals surface area contributed by atoms with Gasteiger partial charge in [0, 0.05) is 26.4 Å². The number of likely N-dealkylation sites (tertiary alicyclic amines) is 1. The molecule has 7 heteroatoms. The van der Waals surface area contributed by atoms with E-state index in [4.69, 9.17) is 0 Å². The number of thiophene rings is 1. The Kier molecular flexibility index (Phi) is 4.15. The van der Waals surface area contributed by atoms with Crippen LogP contribution in [0.5, 0.6) is 0 Å². The van der Waals surface area contributed by atoms with E-state index < -0.39 is 0 Å². The molecule has 1 aromatic heterocycles. The maximum Gasteiger partial charge on any atom is 0.225 e. The minimum atomic E-state index is -0.293. The van der Waals surface area contributed by atoms with Crippen LogP contribution in [0.25, 0.3) is 0 Å². The van der Waals surface area contributed by atoms with Crippen molar-refractivity contribution in [2.45, 2.75) is 31.3 Å². The van der Waals surface area contributed by atoms with Crippen LogP contribution in [0.3, 0.4) is 0 Å². The molecule has 3 amide bonds. The zero-order valence-electron chi connectivity index (χ0n) is 12.4. The summed E-state index contributed by atoms with van der Waals surface area (Å²) in [4.78, 5) is 37.2. The van der Waals surface area contributed by atoms with E-state index in [1.165, 1.54) is 0 Å². The van der Waals surface area contributed by atoms with Gasteiger partial charge in [-0.3, -0.25) is 14.4 Å². The second-order valence-corrected chi connectivity index (χ2v) is 6.71. The molecule has 2 aliphatic heterocycles. The van der Waals surface area contributed by atoms with Crippen molar-refractivity contribution in [2.24, 2.45) is 5.92 Å². The smallest absolute Gasteiger partial charge is 0.225 e. The Hall–Kier alpha value is -1.89. The first kappa shape index (κ1) is 15.0. The van der Waals surface area contributed by atoms with Gasteiger partial charge in [0.2, 0.25) is 17.7 Å². The van der Waals surface area contributed by atoms with Gasteiger partial charge in [0.05, 0.1) is 18.0 Å². The fourth-order valence-electron chi connectivity index (χ4n) is 3.06. The zero-order chi connectivity index (χ0) is 15.7. The standard InChI is InChI=1S/C15H19N3O3S/c1-18-7-10(6-13(18)20)15(21)16-11-2-3-12(19)17-14(11)9-4-5-22-8-9/h4-5,8,10-11,14H,2-3,6-7H2,1H3,(H,16,21)(H,17,19)/t10?,11-,14+/m1/s1. The third kappa shape index (κ3) is 2.99. The van der Waals surface area contributed by atoms with E-state index in [-0.39, 0.29) is 42.1 Å². The highest BCUT2D eigenvalue weighted by molar-refractivity contribution is 7.08. The molecule has 0 radical (unpaired) electrons. The minimum Gasteiger partial charge on any atom is -0.351 e. The van der Waals surface area contributed by atoms with Crippen molar-refractivity contribution in [3.63, 3.8) is 0 Å². The second kappa shape index (κ2) is 6.08. The van der Waals surface area contributed by atoms with Crippen LogP contribution in [0.2, 0.25) is 0 Å². The zero-order valence-corrected chi connectivity index (χ0v) is 13.2. The van der Waals surface area contributed by atoms with E-state index >= 15 is 0 Å². The Labute approximate surface area is 132 Å². The molecule has 22 heavy (non-hydrogen) atoms. The predicted octanol–water partition coefficient (Wildman–Crippen LogP) is 0.662. The molecule has 2 saturated heterocycles. The fraction of sp³-hybridized carbons (Fsp3) is 0.533. The number of hydrogen-bond donors (Lipinski definition) is 2. The lowest BCUT2D eigenvalue weighted by molar-refractivity contribution is -0.129. The molecule has 2 N–H and O–H groups in total. The number of amides is 3. The van der Waals surface area contributed by atoms with Crippen LogP contribution in [-0.4, -0.2) is 42.3 Å². The van der Waals surface area contributed by atoms with Gasteiger partial charge in [-0.05, 0) is 28.8 Å². The number of carbonyl (C=O) groups excluding carboxylic acids is 3. The third-order valence-electron chi connectivity index (χ3n) is 4.34. The lowest BCUT2D eigenvalue weighted by Gasteiger charge is -2.33. The van der Waals surface area contributed by atoms with Crippen LogP contribution in [0.4, 0.5) is 0 Å². The summed E-state index contributed by atoms with van der Waals surface area (Å²) in [6.07, 6.45) is 1.30. The minimum absolute atomic E-state index is 0.00600. The highest BCUT2D eigenvalue weighted by Crippen LogP contribution is 2.27. The monoisotopic (exact) mass is 321 g/mol. The van der Waals surface area contributed by atoms with Gasteiger partial charge in [0.1, 0.15) is 0 Å². The van der Waals surface area contributed by atoms with Crippen molar-refractivity contribution in [3.8, 4) is 0 Å². The summed E-state index contributed by atoms with van der Waals surface area (Å²) >= 11 is 1.57. The number of nitrogens with zero attached hydrogens (tertiary/aromatic N) is 1. The number of carbonyl (C=O) groups is 3. The first-order chi connectivity index (χ1) is 10.5. The molecular weight excluding hydrogens is 302 g/mol. The molecule has 0 aliphatic carbocycles. The van der Waals surface area contributed by atoms with Gasteiger partial charge in [-0.2, -0.15) is 11.3 Å². The van der Waals surface area contributed by atoms with E-state index in [0.29, 0.717) is 19.4 Å². The van der Waals surface area contributed by atoms with E-state index in [0.717, 1.165) is 5.56 Å². The maximum absolute atomic E-state index is 12.4. The summed E-state index contributed by atoms with van der Waals surface area (Å²) in [5, 5.41) is 9.94.